The van der Waals surface area contributed by atoms with Gasteiger partial charge in [0.2, 0.25) is 7.29 Å². The predicted octanol–water partition coefficient (Wildman–Crippen LogP) is 3.72. The standard InChI is InChI=1S/C21H29N2OP/c1-2-3-10-15-22-16-18-23(19-17-22)25(24,20-11-6-4-7-12-20)21-13-8-5-9-14-21/h4-9,11-14H,2-3,10,15-19H2,1H3. The first kappa shape index (κ1) is 18.4. The van der Waals surface area contributed by atoms with Gasteiger partial charge in [0, 0.05) is 36.8 Å². The van der Waals surface area contributed by atoms with Crippen LogP contribution in [-0.4, -0.2) is 42.3 Å². The molecule has 3 nitrogen and oxygen atoms in total. The fourth-order valence-corrected chi connectivity index (χ4v) is 6.41. The number of hydrogen-bond donors (Lipinski definition) is 0. The van der Waals surface area contributed by atoms with Gasteiger partial charge in [-0.3, -0.25) is 4.57 Å². The van der Waals surface area contributed by atoms with Crippen LogP contribution in [0.1, 0.15) is 26.2 Å². The van der Waals surface area contributed by atoms with E-state index in [1.807, 2.05) is 60.7 Å². The SMILES string of the molecule is CCCCCN1CCN(P(=O)(c2ccccc2)c2ccccc2)CC1. The zero-order valence-corrected chi connectivity index (χ0v) is 16.1. The van der Waals surface area contributed by atoms with Crippen molar-refractivity contribution in [3.05, 3.63) is 60.7 Å². The fourth-order valence-electron chi connectivity index (χ4n) is 3.56. The summed E-state index contributed by atoms with van der Waals surface area (Å²) in [4.78, 5) is 2.52. The molecule has 0 bridgehead atoms. The molecule has 0 spiro atoms. The van der Waals surface area contributed by atoms with E-state index in [0.29, 0.717) is 0 Å². The molecule has 0 saturated carbocycles. The molecule has 0 aliphatic carbocycles. The lowest BCUT2D eigenvalue weighted by atomic mass is 10.2. The van der Waals surface area contributed by atoms with E-state index < -0.39 is 7.29 Å². The number of benzene rings is 2. The molecule has 0 atom stereocenters. The first-order valence-corrected chi connectivity index (χ1v) is 11.1. The van der Waals surface area contributed by atoms with Crippen molar-refractivity contribution in [3.8, 4) is 0 Å². The Hall–Kier alpha value is -1.41. The average molecular weight is 356 g/mol. The third-order valence-corrected chi connectivity index (χ3v) is 8.23. The largest absolute Gasteiger partial charge is 0.301 e. The molecule has 3 rings (SSSR count). The number of piperazine rings is 1. The van der Waals surface area contributed by atoms with Crippen molar-refractivity contribution in [1.29, 1.82) is 0 Å². The van der Waals surface area contributed by atoms with Gasteiger partial charge in [-0.25, -0.2) is 4.67 Å². The van der Waals surface area contributed by atoms with Crippen LogP contribution >= 0.6 is 7.29 Å². The Morgan fingerprint density at radius 2 is 1.32 bits per heavy atom. The van der Waals surface area contributed by atoms with Crippen molar-refractivity contribution in [1.82, 2.24) is 9.57 Å². The zero-order valence-electron chi connectivity index (χ0n) is 15.2. The molecule has 4 heteroatoms. The van der Waals surface area contributed by atoms with E-state index in [1.165, 1.54) is 25.8 Å². The Balaban J connectivity index is 1.79. The zero-order chi connectivity index (χ0) is 17.5. The van der Waals surface area contributed by atoms with Gasteiger partial charge < -0.3 is 4.90 Å². The van der Waals surface area contributed by atoms with Gasteiger partial charge in [0.05, 0.1) is 0 Å². The van der Waals surface area contributed by atoms with Crippen molar-refractivity contribution in [2.24, 2.45) is 0 Å². The number of rotatable bonds is 7. The van der Waals surface area contributed by atoms with Crippen LogP contribution in [0.25, 0.3) is 0 Å². The molecule has 0 unspecified atom stereocenters. The van der Waals surface area contributed by atoms with Crippen LogP contribution in [0.5, 0.6) is 0 Å². The summed E-state index contributed by atoms with van der Waals surface area (Å²) in [5.74, 6) is 0. The second kappa shape index (κ2) is 8.80. The van der Waals surface area contributed by atoms with E-state index >= 15 is 0 Å². The van der Waals surface area contributed by atoms with Crippen molar-refractivity contribution < 1.29 is 4.57 Å². The molecular formula is C21H29N2OP. The van der Waals surface area contributed by atoms with Crippen LogP contribution in [0, 0.1) is 0 Å². The van der Waals surface area contributed by atoms with E-state index in [0.717, 1.165) is 36.8 Å². The minimum absolute atomic E-state index is 0.868. The monoisotopic (exact) mass is 356 g/mol. The number of unbranched alkanes of at least 4 members (excludes halogenated alkanes) is 2. The van der Waals surface area contributed by atoms with Gasteiger partial charge in [-0.2, -0.15) is 0 Å². The van der Waals surface area contributed by atoms with Gasteiger partial charge >= 0.3 is 0 Å². The van der Waals surface area contributed by atoms with Crippen molar-refractivity contribution in [3.63, 3.8) is 0 Å². The normalized spacial score (nSPS) is 16.8. The maximum Gasteiger partial charge on any atom is 0.207 e. The molecule has 0 N–H and O–H groups in total. The summed E-state index contributed by atoms with van der Waals surface area (Å²) in [6.07, 6.45) is 3.83. The fraction of sp³-hybridized carbons (Fsp3) is 0.429. The Kier molecular flexibility index (Phi) is 6.47. The van der Waals surface area contributed by atoms with Crippen LogP contribution < -0.4 is 10.6 Å². The molecule has 1 fully saturated rings. The molecule has 0 amide bonds. The average Bonchev–Trinajstić information content (AvgIpc) is 2.69. The van der Waals surface area contributed by atoms with E-state index in [2.05, 4.69) is 16.5 Å². The maximum atomic E-state index is 14.2. The summed E-state index contributed by atoms with van der Waals surface area (Å²) in [6.45, 7) is 7.16. The second-order valence-electron chi connectivity index (χ2n) is 6.75. The lowest BCUT2D eigenvalue weighted by Crippen LogP contribution is -2.47. The van der Waals surface area contributed by atoms with Crippen molar-refractivity contribution in [2.45, 2.75) is 26.2 Å². The van der Waals surface area contributed by atoms with Gasteiger partial charge in [0.1, 0.15) is 0 Å². The van der Waals surface area contributed by atoms with Gasteiger partial charge in [-0.05, 0) is 37.2 Å². The number of nitrogens with zero attached hydrogens (tertiary/aromatic N) is 2. The highest BCUT2D eigenvalue weighted by molar-refractivity contribution is 7.76. The lowest BCUT2D eigenvalue weighted by molar-refractivity contribution is 0.186. The van der Waals surface area contributed by atoms with Crippen LogP contribution in [0.15, 0.2) is 60.7 Å². The van der Waals surface area contributed by atoms with Crippen molar-refractivity contribution in [2.75, 3.05) is 32.7 Å². The van der Waals surface area contributed by atoms with Gasteiger partial charge in [0.25, 0.3) is 0 Å². The topological polar surface area (TPSA) is 23.6 Å². The van der Waals surface area contributed by atoms with Crippen LogP contribution in [-0.2, 0) is 4.57 Å². The molecule has 25 heavy (non-hydrogen) atoms. The van der Waals surface area contributed by atoms with Crippen LogP contribution in [0.4, 0.5) is 0 Å². The van der Waals surface area contributed by atoms with Gasteiger partial charge in [-0.15, -0.1) is 0 Å². The Morgan fingerprint density at radius 1 is 0.800 bits per heavy atom. The molecule has 2 aromatic rings. The molecule has 2 aromatic carbocycles. The Labute approximate surface area is 152 Å². The summed E-state index contributed by atoms with van der Waals surface area (Å²) in [5.41, 5.74) is 0. The lowest BCUT2D eigenvalue weighted by Gasteiger charge is -2.39. The van der Waals surface area contributed by atoms with Crippen molar-refractivity contribution >= 4 is 17.9 Å². The Morgan fingerprint density at radius 3 is 1.80 bits per heavy atom. The summed E-state index contributed by atoms with van der Waals surface area (Å²) in [6, 6.07) is 20.0. The van der Waals surface area contributed by atoms with E-state index in [-0.39, 0.29) is 0 Å². The summed E-state index contributed by atoms with van der Waals surface area (Å²) in [7, 11) is -2.75. The molecule has 1 saturated heterocycles. The predicted molar refractivity (Wildman–Crippen MR) is 107 cm³/mol. The van der Waals surface area contributed by atoms with E-state index in [1.54, 1.807) is 0 Å². The maximum absolute atomic E-state index is 14.2. The second-order valence-corrected chi connectivity index (χ2v) is 9.50. The first-order chi connectivity index (χ1) is 12.2. The van der Waals surface area contributed by atoms with E-state index in [4.69, 9.17) is 0 Å². The highest BCUT2D eigenvalue weighted by Gasteiger charge is 2.36. The van der Waals surface area contributed by atoms with Crippen LogP contribution in [0.3, 0.4) is 0 Å². The quantitative estimate of drug-likeness (QED) is 0.558. The molecular weight excluding hydrogens is 327 g/mol. The smallest absolute Gasteiger partial charge is 0.207 e. The highest BCUT2D eigenvalue weighted by atomic mass is 31.2. The summed E-state index contributed by atoms with van der Waals surface area (Å²) >= 11 is 0. The van der Waals surface area contributed by atoms with Gasteiger partial charge in [0.15, 0.2) is 0 Å². The van der Waals surface area contributed by atoms with Crippen LogP contribution in [0.2, 0.25) is 0 Å². The minimum atomic E-state index is -2.75. The highest BCUT2D eigenvalue weighted by Crippen LogP contribution is 2.47. The molecule has 1 aliphatic rings. The minimum Gasteiger partial charge on any atom is -0.301 e. The summed E-state index contributed by atoms with van der Waals surface area (Å²) in [5, 5.41) is 1.89. The molecule has 1 aliphatic heterocycles. The Bertz CT molecular complexity index is 638. The molecule has 134 valence electrons. The van der Waals surface area contributed by atoms with E-state index in [9.17, 15) is 4.57 Å². The molecule has 0 aromatic heterocycles. The third kappa shape index (κ3) is 4.23. The molecule has 1 heterocycles. The third-order valence-electron chi connectivity index (χ3n) is 5.04. The molecule has 0 radical (unpaired) electrons. The van der Waals surface area contributed by atoms with Gasteiger partial charge in [-0.1, -0.05) is 56.2 Å². The number of hydrogen-bond acceptors (Lipinski definition) is 2. The first-order valence-electron chi connectivity index (χ1n) is 9.44. The summed E-state index contributed by atoms with van der Waals surface area (Å²) < 4.78 is 16.5.